The number of aromatic nitrogens is 2. The number of hydrogen-bond acceptors (Lipinski definition) is 3. The van der Waals surface area contributed by atoms with Gasteiger partial charge in [0, 0.05) is 26.3 Å². The number of nitrogens with one attached hydrogen (secondary N) is 2. The first-order chi connectivity index (χ1) is 7.69. The number of aryl methyl sites for hydroxylation is 2. The zero-order chi connectivity index (χ0) is 12.0. The predicted octanol–water partition coefficient (Wildman–Crippen LogP) is 0.322. The van der Waals surface area contributed by atoms with Crippen LogP contribution in [0.1, 0.15) is 29.9 Å². The Hall–Kier alpha value is -1.36. The fraction of sp³-hybridized carbons (Fsp3) is 0.636. The average Bonchev–Trinajstić information content (AvgIpc) is 2.65. The molecular weight excluding hydrogens is 204 g/mol. The van der Waals surface area contributed by atoms with Crippen molar-refractivity contribution in [1.29, 1.82) is 0 Å². The van der Waals surface area contributed by atoms with Crippen molar-refractivity contribution in [3.05, 3.63) is 17.5 Å². The van der Waals surface area contributed by atoms with Crippen molar-refractivity contribution in [2.45, 2.75) is 20.3 Å². The van der Waals surface area contributed by atoms with Gasteiger partial charge in [0.2, 0.25) is 0 Å². The maximum atomic E-state index is 11.8. The Morgan fingerprint density at radius 1 is 1.44 bits per heavy atom. The molecule has 1 aromatic heterocycles. The molecule has 0 aliphatic rings. The fourth-order valence-electron chi connectivity index (χ4n) is 1.52. The third-order valence-corrected chi connectivity index (χ3v) is 2.32. The average molecular weight is 224 g/mol. The minimum atomic E-state index is -0.0390. The molecule has 0 saturated carbocycles. The largest absolute Gasteiger partial charge is 0.351 e. The van der Waals surface area contributed by atoms with E-state index >= 15 is 0 Å². The molecule has 1 amide bonds. The number of amides is 1. The summed E-state index contributed by atoms with van der Waals surface area (Å²) < 4.78 is 1.68. The third kappa shape index (κ3) is 3.34. The van der Waals surface area contributed by atoms with E-state index in [0.717, 1.165) is 25.2 Å². The Morgan fingerprint density at radius 3 is 2.81 bits per heavy atom. The van der Waals surface area contributed by atoms with Crippen molar-refractivity contribution in [2.75, 3.05) is 19.6 Å². The molecule has 0 aliphatic carbocycles. The lowest BCUT2D eigenvalue weighted by Gasteiger charge is -2.04. The molecule has 0 saturated heterocycles. The summed E-state index contributed by atoms with van der Waals surface area (Å²) in [6.07, 6.45) is 2.54. The Kier molecular flexibility index (Phi) is 4.98. The van der Waals surface area contributed by atoms with Crippen molar-refractivity contribution in [1.82, 2.24) is 20.4 Å². The minimum absolute atomic E-state index is 0.0390. The molecule has 0 spiro atoms. The van der Waals surface area contributed by atoms with Gasteiger partial charge in [0.1, 0.15) is 0 Å². The van der Waals surface area contributed by atoms with Gasteiger partial charge < -0.3 is 10.6 Å². The van der Waals surface area contributed by atoms with Gasteiger partial charge in [0.25, 0.3) is 5.91 Å². The standard InChI is InChI=1S/C11H20N4O/c1-4-10-9(8-15(3)14-10)11(16)13-7-6-12-5-2/h8,12H,4-7H2,1-3H3,(H,13,16). The molecule has 1 heterocycles. The molecule has 5 heteroatoms. The Morgan fingerprint density at radius 2 is 2.19 bits per heavy atom. The van der Waals surface area contributed by atoms with Crippen LogP contribution in [-0.2, 0) is 13.5 Å². The molecule has 1 aromatic rings. The third-order valence-electron chi connectivity index (χ3n) is 2.32. The minimum Gasteiger partial charge on any atom is -0.351 e. The fourth-order valence-corrected chi connectivity index (χ4v) is 1.52. The van der Waals surface area contributed by atoms with Crippen LogP contribution >= 0.6 is 0 Å². The van der Waals surface area contributed by atoms with E-state index in [1.54, 1.807) is 10.9 Å². The van der Waals surface area contributed by atoms with Crippen LogP contribution in [0.25, 0.3) is 0 Å². The van der Waals surface area contributed by atoms with Crippen LogP contribution in [0.4, 0.5) is 0 Å². The molecular formula is C11H20N4O. The van der Waals surface area contributed by atoms with Gasteiger partial charge in [-0.15, -0.1) is 0 Å². The maximum absolute atomic E-state index is 11.8. The second kappa shape index (κ2) is 6.27. The van der Waals surface area contributed by atoms with E-state index < -0.39 is 0 Å². The van der Waals surface area contributed by atoms with Crippen molar-refractivity contribution < 1.29 is 4.79 Å². The van der Waals surface area contributed by atoms with Gasteiger partial charge >= 0.3 is 0 Å². The van der Waals surface area contributed by atoms with Gasteiger partial charge in [-0.05, 0) is 13.0 Å². The maximum Gasteiger partial charge on any atom is 0.254 e. The van der Waals surface area contributed by atoms with E-state index in [4.69, 9.17) is 0 Å². The van der Waals surface area contributed by atoms with Gasteiger partial charge in [-0.3, -0.25) is 9.48 Å². The number of carbonyl (C=O) groups excluding carboxylic acids is 1. The lowest BCUT2D eigenvalue weighted by atomic mass is 10.2. The summed E-state index contributed by atoms with van der Waals surface area (Å²) in [5.74, 6) is -0.0390. The van der Waals surface area contributed by atoms with Crippen LogP contribution in [0.5, 0.6) is 0 Å². The van der Waals surface area contributed by atoms with Gasteiger partial charge in [-0.25, -0.2) is 0 Å². The van der Waals surface area contributed by atoms with E-state index in [1.807, 2.05) is 20.9 Å². The second-order valence-electron chi connectivity index (χ2n) is 3.63. The van der Waals surface area contributed by atoms with Gasteiger partial charge in [-0.1, -0.05) is 13.8 Å². The van der Waals surface area contributed by atoms with Crippen LogP contribution in [-0.4, -0.2) is 35.3 Å². The molecule has 1 rings (SSSR count). The highest BCUT2D eigenvalue weighted by Gasteiger charge is 2.13. The Bertz CT molecular complexity index is 346. The summed E-state index contributed by atoms with van der Waals surface area (Å²) >= 11 is 0. The Labute approximate surface area is 96.2 Å². The highest BCUT2D eigenvalue weighted by atomic mass is 16.1. The summed E-state index contributed by atoms with van der Waals surface area (Å²) in [7, 11) is 1.83. The highest BCUT2D eigenvalue weighted by molar-refractivity contribution is 5.95. The second-order valence-corrected chi connectivity index (χ2v) is 3.63. The zero-order valence-electron chi connectivity index (χ0n) is 10.2. The summed E-state index contributed by atoms with van der Waals surface area (Å²) in [5, 5.41) is 10.3. The van der Waals surface area contributed by atoms with Crippen LogP contribution < -0.4 is 10.6 Å². The smallest absolute Gasteiger partial charge is 0.254 e. The van der Waals surface area contributed by atoms with Crippen molar-refractivity contribution in [3.63, 3.8) is 0 Å². The summed E-state index contributed by atoms with van der Waals surface area (Å²) in [6, 6.07) is 0. The Balaban J connectivity index is 2.51. The molecule has 16 heavy (non-hydrogen) atoms. The van der Waals surface area contributed by atoms with Crippen molar-refractivity contribution in [2.24, 2.45) is 7.05 Å². The predicted molar refractivity (Wildman–Crippen MR) is 63.5 cm³/mol. The van der Waals surface area contributed by atoms with E-state index in [-0.39, 0.29) is 5.91 Å². The highest BCUT2D eigenvalue weighted by Crippen LogP contribution is 2.06. The molecule has 5 nitrogen and oxygen atoms in total. The molecule has 0 radical (unpaired) electrons. The number of nitrogens with zero attached hydrogens (tertiary/aromatic N) is 2. The van der Waals surface area contributed by atoms with E-state index in [2.05, 4.69) is 15.7 Å². The lowest BCUT2D eigenvalue weighted by molar-refractivity contribution is 0.0953. The van der Waals surface area contributed by atoms with Crippen LogP contribution in [0, 0.1) is 0 Å². The normalized spacial score (nSPS) is 10.4. The van der Waals surface area contributed by atoms with E-state index in [9.17, 15) is 4.79 Å². The molecule has 0 atom stereocenters. The molecule has 0 fully saturated rings. The van der Waals surface area contributed by atoms with Crippen molar-refractivity contribution in [3.8, 4) is 0 Å². The van der Waals surface area contributed by atoms with E-state index in [1.165, 1.54) is 0 Å². The number of hydrogen-bond donors (Lipinski definition) is 2. The lowest BCUT2D eigenvalue weighted by Crippen LogP contribution is -2.32. The monoisotopic (exact) mass is 224 g/mol. The first-order valence-electron chi connectivity index (χ1n) is 5.70. The first kappa shape index (κ1) is 12.7. The number of rotatable bonds is 6. The molecule has 0 bridgehead atoms. The van der Waals surface area contributed by atoms with Crippen LogP contribution in [0.15, 0.2) is 6.20 Å². The number of carbonyl (C=O) groups is 1. The van der Waals surface area contributed by atoms with E-state index in [0.29, 0.717) is 12.1 Å². The van der Waals surface area contributed by atoms with Crippen LogP contribution in [0.3, 0.4) is 0 Å². The SMILES string of the molecule is CCNCCNC(=O)c1cn(C)nc1CC. The summed E-state index contributed by atoms with van der Waals surface area (Å²) in [6.45, 7) is 6.40. The van der Waals surface area contributed by atoms with Gasteiger partial charge in [0.05, 0.1) is 11.3 Å². The summed E-state index contributed by atoms with van der Waals surface area (Å²) in [4.78, 5) is 11.8. The quantitative estimate of drug-likeness (QED) is 0.684. The van der Waals surface area contributed by atoms with Crippen molar-refractivity contribution >= 4 is 5.91 Å². The molecule has 0 unspecified atom stereocenters. The van der Waals surface area contributed by atoms with Crippen LogP contribution in [0.2, 0.25) is 0 Å². The number of likely N-dealkylation sites (N-methyl/N-ethyl adjacent to an activating group) is 1. The topological polar surface area (TPSA) is 58.9 Å². The first-order valence-corrected chi connectivity index (χ1v) is 5.70. The molecule has 0 aromatic carbocycles. The molecule has 0 aliphatic heterocycles. The van der Waals surface area contributed by atoms with Gasteiger partial charge in [-0.2, -0.15) is 5.10 Å². The molecule has 2 N–H and O–H groups in total. The summed E-state index contributed by atoms with van der Waals surface area (Å²) in [5.41, 5.74) is 1.53. The van der Waals surface area contributed by atoms with Gasteiger partial charge in [0.15, 0.2) is 0 Å². The zero-order valence-corrected chi connectivity index (χ0v) is 10.2. The molecule has 90 valence electrons.